The summed E-state index contributed by atoms with van der Waals surface area (Å²) >= 11 is 0. The quantitative estimate of drug-likeness (QED) is 0.909. The molecule has 0 unspecified atom stereocenters. The fourth-order valence-corrected chi connectivity index (χ4v) is 1.69. The molecule has 0 spiro atoms. The van der Waals surface area contributed by atoms with Crippen molar-refractivity contribution in [1.29, 1.82) is 5.26 Å². The number of benzene rings is 1. The summed E-state index contributed by atoms with van der Waals surface area (Å²) in [4.78, 5) is 12.6. The molecule has 5 nitrogen and oxygen atoms in total. The molecule has 0 saturated carbocycles. The highest BCUT2D eigenvalue weighted by Gasteiger charge is 2.10. The molecule has 96 valence electrons. The lowest BCUT2D eigenvalue weighted by molar-refractivity contribution is 0.0660. The van der Waals surface area contributed by atoms with Crippen LogP contribution >= 0.6 is 0 Å². The third-order valence-electron chi connectivity index (χ3n) is 2.70. The number of anilines is 1. The van der Waals surface area contributed by atoms with Gasteiger partial charge in [-0.1, -0.05) is 0 Å². The van der Waals surface area contributed by atoms with E-state index in [-0.39, 0.29) is 5.76 Å². The van der Waals surface area contributed by atoms with E-state index in [1.807, 2.05) is 24.1 Å². The highest BCUT2D eigenvalue weighted by molar-refractivity contribution is 5.84. The van der Waals surface area contributed by atoms with E-state index in [0.29, 0.717) is 17.9 Å². The first-order valence-electron chi connectivity index (χ1n) is 5.63. The molecule has 19 heavy (non-hydrogen) atoms. The van der Waals surface area contributed by atoms with Crippen molar-refractivity contribution < 1.29 is 14.3 Å². The molecule has 2 aromatic rings. The first-order chi connectivity index (χ1) is 9.10. The van der Waals surface area contributed by atoms with E-state index < -0.39 is 5.97 Å². The van der Waals surface area contributed by atoms with E-state index in [1.165, 1.54) is 6.07 Å². The lowest BCUT2D eigenvalue weighted by atomic mass is 10.2. The fraction of sp³-hybridized carbons (Fsp3) is 0.143. The third-order valence-corrected chi connectivity index (χ3v) is 2.70. The minimum absolute atomic E-state index is 0.0665. The van der Waals surface area contributed by atoms with Crippen molar-refractivity contribution in [2.45, 2.75) is 6.54 Å². The molecule has 0 aliphatic rings. The number of furan rings is 1. The molecule has 1 N–H and O–H groups in total. The van der Waals surface area contributed by atoms with Crippen molar-refractivity contribution >= 4 is 11.7 Å². The standard InChI is InChI=1S/C14H12N2O3/c1-16(11-4-2-10(8-15)3-5-11)9-12-6-7-13(19-12)14(17)18/h2-7H,9H2,1H3,(H,17,18). The van der Waals surface area contributed by atoms with Gasteiger partial charge in [0.15, 0.2) is 0 Å². The molecule has 0 atom stereocenters. The maximum Gasteiger partial charge on any atom is 0.371 e. The summed E-state index contributed by atoms with van der Waals surface area (Å²) in [7, 11) is 1.87. The van der Waals surface area contributed by atoms with Crippen molar-refractivity contribution in [2.75, 3.05) is 11.9 Å². The predicted octanol–water partition coefficient (Wildman–Crippen LogP) is 2.49. The number of nitriles is 1. The van der Waals surface area contributed by atoms with Crippen LogP contribution in [0.4, 0.5) is 5.69 Å². The van der Waals surface area contributed by atoms with Gasteiger partial charge in [-0.3, -0.25) is 0 Å². The summed E-state index contributed by atoms with van der Waals surface area (Å²) in [6, 6.07) is 12.3. The van der Waals surface area contributed by atoms with Crippen molar-refractivity contribution in [3.8, 4) is 6.07 Å². The van der Waals surface area contributed by atoms with Gasteiger partial charge in [0.1, 0.15) is 5.76 Å². The molecule has 2 rings (SSSR count). The van der Waals surface area contributed by atoms with E-state index in [1.54, 1.807) is 18.2 Å². The Labute approximate surface area is 110 Å². The smallest absolute Gasteiger partial charge is 0.371 e. The van der Waals surface area contributed by atoms with Crippen molar-refractivity contribution in [2.24, 2.45) is 0 Å². The number of carboxylic acid groups (broad SMARTS) is 1. The maximum absolute atomic E-state index is 10.7. The van der Waals surface area contributed by atoms with E-state index in [4.69, 9.17) is 14.8 Å². The second-order valence-corrected chi connectivity index (χ2v) is 4.09. The van der Waals surface area contributed by atoms with Gasteiger partial charge in [-0.2, -0.15) is 5.26 Å². The number of aromatic carboxylic acids is 1. The zero-order chi connectivity index (χ0) is 13.8. The Morgan fingerprint density at radius 3 is 2.53 bits per heavy atom. The van der Waals surface area contributed by atoms with Gasteiger partial charge >= 0.3 is 5.97 Å². The molecule has 5 heteroatoms. The summed E-state index contributed by atoms with van der Waals surface area (Å²) in [6.07, 6.45) is 0. The average Bonchev–Trinajstić information content (AvgIpc) is 2.87. The summed E-state index contributed by atoms with van der Waals surface area (Å²) in [5, 5.41) is 17.5. The van der Waals surface area contributed by atoms with E-state index in [9.17, 15) is 4.79 Å². The molecule has 0 radical (unpaired) electrons. The van der Waals surface area contributed by atoms with E-state index in [0.717, 1.165) is 5.69 Å². The molecule has 1 aromatic carbocycles. The van der Waals surface area contributed by atoms with Gasteiger partial charge in [-0.25, -0.2) is 4.79 Å². The van der Waals surface area contributed by atoms with Gasteiger partial charge in [0.05, 0.1) is 18.2 Å². The number of carbonyl (C=O) groups is 1. The van der Waals surface area contributed by atoms with Crippen LogP contribution < -0.4 is 4.90 Å². The molecule has 0 saturated heterocycles. The van der Waals surface area contributed by atoms with Gasteiger partial charge in [0.2, 0.25) is 5.76 Å². The predicted molar refractivity (Wildman–Crippen MR) is 68.9 cm³/mol. The molecule has 0 aliphatic heterocycles. The number of hydrogen-bond acceptors (Lipinski definition) is 4. The molecule has 0 bridgehead atoms. The fourth-order valence-electron chi connectivity index (χ4n) is 1.69. The molecule has 0 aliphatic carbocycles. The number of nitrogens with zero attached hydrogens (tertiary/aromatic N) is 2. The average molecular weight is 256 g/mol. The normalized spacial score (nSPS) is 9.89. The first kappa shape index (κ1) is 12.7. The lowest BCUT2D eigenvalue weighted by Gasteiger charge is -2.17. The largest absolute Gasteiger partial charge is 0.475 e. The van der Waals surface area contributed by atoms with Crippen LogP contribution in [0.3, 0.4) is 0 Å². The van der Waals surface area contributed by atoms with Crippen LogP contribution in [0.1, 0.15) is 21.9 Å². The highest BCUT2D eigenvalue weighted by atomic mass is 16.4. The summed E-state index contributed by atoms with van der Waals surface area (Å²) in [5.74, 6) is -0.570. The van der Waals surface area contributed by atoms with Crippen LogP contribution in [-0.4, -0.2) is 18.1 Å². The Morgan fingerprint density at radius 2 is 2.00 bits per heavy atom. The van der Waals surface area contributed by atoms with Crippen LogP contribution in [0, 0.1) is 11.3 Å². The van der Waals surface area contributed by atoms with Crippen LogP contribution in [0.2, 0.25) is 0 Å². The maximum atomic E-state index is 10.7. The molecule has 1 heterocycles. The molecular weight excluding hydrogens is 244 g/mol. The van der Waals surface area contributed by atoms with E-state index >= 15 is 0 Å². The van der Waals surface area contributed by atoms with Crippen LogP contribution in [-0.2, 0) is 6.54 Å². The lowest BCUT2D eigenvalue weighted by Crippen LogP contribution is -2.15. The van der Waals surface area contributed by atoms with Crippen molar-refractivity contribution in [3.05, 3.63) is 53.5 Å². The molecule has 0 amide bonds. The monoisotopic (exact) mass is 256 g/mol. The van der Waals surface area contributed by atoms with Crippen molar-refractivity contribution in [3.63, 3.8) is 0 Å². The Kier molecular flexibility index (Phi) is 3.53. The summed E-state index contributed by atoms with van der Waals surface area (Å²) in [6.45, 7) is 0.458. The first-order valence-corrected chi connectivity index (χ1v) is 5.63. The van der Waals surface area contributed by atoms with Crippen molar-refractivity contribution in [1.82, 2.24) is 0 Å². The van der Waals surface area contributed by atoms with Crippen LogP contribution in [0.5, 0.6) is 0 Å². The molecule has 1 aromatic heterocycles. The molecular formula is C14H12N2O3. The Bertz CT molecular complexity index is 623. The molecule has 0 fully saturated rings. The zero-order valence-electron chi connectivity index (χ0n) is 10.3. The highest BCUT2D eigenvalue weighted by Crippen LogP contribution is 2.17. The van der Waals surface area contributed by atoms with Gasteiger partial charge in [-0.15, -0.1) is 0 Å². The van der Waals surface area contributed by atoms with Gasteiger partial charge < -0.3 is 14.4 Å². The second-order valence-electron chi connectivity index (χ2n) is 4.09. The third kappa shape index (κ3) is 2.93. The minimum Gasteiger partial charge on any atom is -0.475 e. The van der Waals surface area contributed by atoms with Gasteiger partial charge in [0.25, 0.3) is 0 Å². The minimum atomic E-state index is -1.08. The zero-order valence-corrected chi connectivity index (χ0v) is 10.3. The Balaban J connectivity index is 2.09. The topological polar surface area (TPSA) is 77.5 Å². The van der Waals surface area contributed by atoms with Gasteiger partial charge in [-0.05, 0) is 36.4 Å². The Morgan fingerprint density at radius 1 is 1.32 bits per heavy atom. The summed E-state index contributed by atoms with van der Waals surface area (Å²) < 4.78 is 5.19. The Hall–Kier alpha value is -2.74. The van der Waals surface area contributed by atoms with E-state index in [2.05, 4.69) is 6.07 Å². The number of carboxylic acids is 1. The number of hydrogen-bond donors (Lipinski definition) is 1. The van der Waals surface area contributed by atoms with Gasteiger partial charge in [0, 0.05) is 12.7 Å². The SMILES string of the molecule is CN(Cc1ccc(C(=O)O)o1)c1ccc(C#N)cc1. The summed E-state index contributed by atoms with van der Waals surface area (Å²) in [5.41, 5.74) is 1.52. The van der Waals surface area contributed by atoms with Crippen LogP contribution in [0.15, 0.2) is 40.8 Å². The van der Waals surface area contributed by atoms with Crippen LogP contribution in [0.25, 0.3) is 0 Å². The number of rotatable bonds is 4. The second kappa shape index (κ2) is 5.27.